The number of aromatic nitrogens is 2. The van der Waals surface area contributed by atoms with E-state index in [2.05, 4.69) is 10.3 Å². The Labute approximate surface area is 135 Å². The van der Waals surface area contributed by atoms with Crippen LogP contribution in [0, 0.1) is 10.1 Å². The molecule has 1 N–H and O–H groups in total. The molecule has 3 aromatic rings. The van der Waals surface area contributed by atoms with Gasteiger partial charge in [0.1, 0.15) is 5.82 Å². The maximum atomic E-state index is 11.9. The van der Waals surface area contributed by atoms with Crippen LogP contribution in [0.5, 0.6) is 0 Å². The molecule has 2 aromatic heterocycles. The number of rotatable bonds is 5. The number of amides is 1. The van der Waals surface area contributed by atoms with Crippen LogP contribution in [0.4, 0.5) is 5.69 Å². The maximum absolute atomic E-state index is 11.9. The first kappa shape index (κ1) is 15.2. The first-order chi connectivity index (χ1) is 11.1. The topological polar surface area (TPSA) is 90.1 Å². The lowest BCUT2D eigenvalue weighted by molar-refractivity contribution is -0.384. The van der Waals surface area contributed by atoms with Gasteiger partial charge >= 0.3 is 0 Å². The van der Waals surface area contributed by atoms with Gasteiger partial charge in [0, 0.05) is 32.1 Å². The molecule has 0 saturated heterocycles. The molecule has 2 heterocycles. The Morgan fingerprint density at radius 3 is 2.96 bits per heavy atom. The Morgan fingerprint density at radius 1 is 1.43 bits per heavy atom. The molecule has 1 amide bonds. The number of carbonyl (C=O) groups excluding carboxylic acids is 1. The summed E-state index contributed by atoms with van der Waals surface area (Å²) in [7, 11) is 1.86. The van der Waals surface area contributed by atoms with E-state index in [1.807, 2.05) is 23.1 Å². The average Bonchev–Trinajstić information content (AvgIpc) is 3.16. The summed E-state index contributed by atoms with van der Waals surface area (Å²) in [6.45, 7) is 0.454. The molecule has 23 heavy (non-hydrogen) atoms. The predicted molar refractivity (Wildman–Crippen MR) is 87.7 cm³/mol. The Morgan fingerprint density at radius 2 is 2.26 bits per heavy atom. The molecule has 118 valence electrons. The largest absolute Gasteiger partial charge is 0.351 e. The quantitative estimate of drug-likeness (QED) is 0.575. The summed E-state index contributed by atoms with van der Waals surface area (Å²) in [6, 6.07) is 8.22. The predicted octanol–water partition coefficient (Wildman–Crippen LogP) is 2.52. The molecule has 0 unspecified atom stereocenters. The number of aryl methyl sites for hydroxylation is 1. The lowest BCUT2D eigenvalue weighted by Gasteiger charge is -2.04. The van der Waals surface area contributed by atoms with Crippen LogP contribution in [0.15, 0.2) is 35.7 Å². The van der Waals surface area contributed by atoms with Crippen molar-refractivity contribution >= 4 is 34.0 Å². The van der Waals surface area contributed by atoms with E-state index in [0.29, 0.717) is 23.4 Å². The van der Waals surface area contributed by atoms with Crippen LogP contribution < -0.4 is 5.32 Å². The second-order valence-corrected chi connectivity index (χ2v) is 5.95. The second-order valence-electron chi connectivity index (χ2n) is 5.00. The van der Waals surface area contributed by atoms with Crippen molar-refractivity contribution in [3.63, 3.8) is 0 Å². The number of non-ortho nitro benzene ring substituents is 1. The smallest absolute Gasteiger partial charge is 0.271 e. The highest BCUT2D eigenvalue weighted by atomic mass is 32.1. The molecule has 0 aliphatic heterocycles. The summed E-state index contributed by atoms with van der Waals surface area (Å²) in [5.41, 5.74) is 1.43. The van der Waals surface area contributed by atoms with Gasteiger partial charge in [-0.05, 0) is 17.5 Å². The van der Waals surface area contributed by atoms with Crippen LogP contribution in [0.1, 0.15) is 15.5 Å². The summed E-state index contributed by atoms with van der Waals surface area (Å²) in [4.78, 5) is 27.4. The zero-order valence-electron chi connectivity index (χ0n) is 12.4. The molecular weight excluding hydrogens is 316 g/mol. The summed E-state index contributed by atoms with van der Waals surface area (Å²) in [6.07, 6.45) is 0.552. The zero-order valence-corrected chi connectivity index (χ0v) is 13.2. The fourth-order valence-electron chi connectivity index (χ4n) is 2.36. The van der Waals surface area contributed by atoms with Crippen LogP contribution in [-0.2, 0) is 13.5 Å². The first-order valence-electron chi connectivity index (χ1n) is 6.97. The van der Waals surface area contributed by atoms with Gasteiger partial charge in [0.15, 0.2) is 0 Å². The van der Waals surface area contributed by atoms with Gasteiger partial charge in [-0.3, -0.25) is 14.9 Å². The van der Waals surface area contributed by atoms with E-state index in [4.69, 9.17) is 0 Å². The van der Waals surface area contributed by atoms with Gasteiger partial charge in [0.05, 0.1) is 20.8 Å². The number of hydrogen-bond donors (Lipinski definition) is 1. The number of hydrogen-bond acceptors (Lipinski definition) is 5. The lowest BCUT2D eigenvalue weighted by Crippen LogP contribution is -2.25. The van der Waals surface area contributed by atoms with Gasteiger partial charge in [-0.1, -0.05) is 6.07 Å². The summed E-state index contributed by atoms with van der Waals surface area (Å²) in [5, 5.41) is 15.5. The third-order valence-electron chi connectivity index (χ3n) is 3.55. The Balaban J connectivity index is 1.71. The second kappa shape index (κ2) is 6.17. The summed E-state index contributed by atoms with van der Waals surface area (Å²) in [5.74, 6) is 0.668. The Bertz CT molecular complexity index is 870. The van der Waals surface area contributed by atoms with Crippen LogP contribution in [0.25, 0.3) is 11.0 Å². The van der Waals surface area contributed by atoms with Crippen molar-refractivity contribution in [1.29, 1.82) is 0 Å². The Kier molecular flexibility index (Phi) is 4.07. The number of nitrogens with one attached hydrogen (secondary N) is 1. The van der Waals surface area contributed by atoms with Crippen molar-refractivity contribution < 1.29 is 9.72 Å². The first-order valence-corrected chi connectivity index (χ1v) is 7.85. The molecule has 0 saturated carbocycles. The molecule has 0 bridgehead atoms. The van der Waals surface area contributed by atoms with Crippen LogP contribution in [0.3, 0.4) is 0 Å². The van der Waals surface area contributed by atoms with Gasteiger partial charge in [-0.15, -0.1) is 11.3 Å². The van der Waals surface area contributed by atoms with E-state index in [1.54, 1.807) is 12.1 Å². The van der Waals surface area contributed by atoms with Gasteiger partial charge in [-0.25, -0.2) is 4.98 Å². The molecule has 0 fully saturated rings. The number of carbonyl (C=O) groups is 1. The van der Waals surface area contributed by atoms with Gasteiger partial charge in [-0.2, -0.15) is 0 Å². The van der Waals surface area contributed by atoms with Crippen molar-refractivity contribution in [3.05, 3.63) is 56.5 Å². The third-order valence-corrected chi connectivity index (χ3v) is 4.42. The van der Waals surface area contributed by atoms with E-state index in [0.717, 1.165) is 11.3 Å². The molecule has 0 aliphatic rings. The van der Waals surface area contributed by atoms with E-state index in [-0.39, 0.29) is 11.6 Å². The highest BCUT2D eigenvalue weighted by Gasteiger charge is 2.13. The van der Waals surface area contributed by atoms with E-state index in [9.17, 15) is 14.9 Å². The molecule has 0 spiro atoms. The number of thiophene rings is 1. The minimum atomic E-state index is -0.435. The lowest BCUT2D eigenvalue weighted by atomic mass is 10.3. The monoisotopic (exact) mass is 330 g/mol. The van der Waals surface area contributed by atoms with Gasteiger partial charge < -0.3 is 9.88 Å². The van der Waals surface area contributed by atoms with Crippen LogP contribution in [-0.4, -0.2) is 26.9 Å². The highest BCUT2D eigenvalue weighted by molar-refractivity contribution is 7.12. The average molecular weight is 330 g/mol. The summed E-state index contributed by atoms with van der Waals surface area (Å²) < 4.78 is 1.89. The van der Waals surface area contributed by atoms with Gasteiger partial charge in [0.2, 0.25) is 0 Å². The van der Waals surface area contributed by atoms with Crippen molar-refractivity contribution in [3.8, 4) is 0 Å². The molecular formula is C15H14N4O3S. The normalized spacial score (nSPS) is 10.8. The molecule has 7 nitrogen and oxygen atoms in total. The molecule has 8 heteroatoms. The molecule has 0 aliphatic carbocycles. The van der Waals surface area contributed by atoms with Crippen molar-refractivity contribution in [1.82, 2.24) is 14.9 Å². The SMILES string of the molecule is Cn1c(CCNC(=O)c2cccs2)nc2cc([N+](=O)[O-])ccc21. The molecule has 1 aromatic carbocycles. The number of nitro groups is 1. The van der Waals surface area contributed by atoms with Crippen molar-refractivity contribution in [2.45, 2.75) is 6.42 Å². The van der Waals surface area contributed by atoms with Crippen LogP contribution >= 0.6 is 11.3 Å². The highest BCUT2D eigenvalue weighted by Crippen LogP contribution is 2.21. The van der Waals surface area contributed by atoms with Crippen molar-refractivity contribution in [2.75, 3.05) is 6.54 Å². The fraction of sp³-hybridized carbons (Fsp3) is 0.200. The minimum absolute atomic E-state index is 0.0214. The zero-order chi connectivity index (χ0) is 16.4. The fourth-order valence-corrected chi connectivity index (χ4v) is 3.00. The third kappa shape index (κ3) is 3.07. The van der Waals surface area contributed by atoms with E-state index < -0.39 is 4.92 Å². The maximum Gasteiger partial charge on any atom is 0.271 e. The molecule has 0 atom stereocenters. The summed E-state index contributed by atoms with van der Waals surface area (Å²) >= 11 is 1.39. The molecule has 3 rings (SSSR count). The number of nitro benzene ring substituents is 1. The van der Waals surface area contributed by atoms with Crippen LogP contribution in [0.2, 0.25) is 0 Å². The Hall–Kier alpha value is -2.74. The number of nitrogens with zero attached hydrogens (tertiary/aromatic N) is 3. The van der Waals surface area contributed by atoms with E-state index in [1.165, 1.54) is 23.5 Å². The number of imidazole rings is 1. The standard InChI is InChI=1S/C15H14N4O3S/c1-18-12-5-4-10(19(21)22)9-11(12)17-14(18)6-7-16-15(20)13-3-2-8-23-13/h2-5,8-9H,6-7H2,1H3,(H,16,20). The van der Waals surface area contributed by atoms with Gasteiger partial charge in [0.25, 0.3) is 11.6 Å². The molecule has 0 radical (unpaired) electrons. The minimum Gasteiger partial charge on any atom is -0.351 e. The number of fused-ring (bicyclic) bond motifs is 1. The number of benzene rings is 1. The van der Waals surface area contributed by atoms with E-state index >= 15 is 0 Å². The van der Waals surface area contributed by atoms with Crippen molar-refractivity contribution in [2.24, 2.45) is 7.05 Å².